The SMILES string of the molecule is CC(=O)O.CC(=O)O.CC(=O)O.CC(=O)O.CC(=O)O.CC(=O)O.CC(=O)O.CC(=O)O.CC(=O)O.CC(=O)O.CC(=O)O.CC(=O)O.NCCN.NCCN.NCCN.O.O.O.[K].[K].[K]. The molecule has 0 bridgehead atoms. The van der Waals surface area contributed by atoms with Gasteiger partial charge in [0.2, 0.25) is 0 Å². The summed E-state index contributed by atoms with van der Waals surface area (Å²) in [5, 5.41) is 89.0. The third-order valence-electron chi connectivity index (χ3n) is 0.500. The van der Waals surface area contributed by atoms with E-state index in [1.54, 1.807) is 0 Å². The van der Waals surface area contributed by atoms with Gasteiger partial charge in [0.05, 0.1) is 0 Å². The molecule has 0 atom stereocenters. The molecule has 0 saturated heterocycles. The first-order valence-electron chi connectivity index (χ1n) is 15.1. The molecule has 0 heterocycles. The van der Waals surface area contributed by atoms with Gasteiger partial charge in [0.1, 0.15) is 0 Å². The zero-order valence-electron chi connectivity index (χ0n) is 40.5. The first kappa shape index (κ1) is 137. The maximum absolute atomic E-state index is 9.00. The Hall–Kier alpha value is -1.81. The Kier molecular flexibility index (Phi) is 315. The maximum Gasteiger partial charge on any atom is 0.300 e. The van der Waals surface area contributed by atoms with Crippen LogP contribution in [0.4, 0.5) is 0 Å². The summed E-state index contributed by atoms with van der Waals surface area (Å²) in [6.45, 7) is 16.6. The summed E-state index contributed by atoms with van der Waals surface area (Å²) in [7, 11) is 0. The summed E-state index contributed by atoms with van der Waals surface area (Å²) in [6, 6.07) is 0. The Balaban J connectivity index is -0.0000000172. The minimum Gasteiger partial charge on any atom is -0.481 e. The fourth-order valence-corrected chi connectivity index (χ4v) is 0. The molecule has 0 aliphatic carbocycles. The Morgan fingerprint density at radius 3 is 0.227 bits per heavy atom. The van der Waals surface area contributed by atoms with Crippen molar-refractivity contribution in [1.82, 2.24) is 0 Å². The number of carbonyl (C=O) groups is 12. The zero-order chi connectivity index (χ0) is 53.2. The molecule has 0 aromatic heterocycles. The van der Waals surface area contributed by atoms with Crippen molar-refractivity contribution in [2.24, 2.45) is 34.4 Å². The smallest absolute Gasteiger partial charge is 0.300 e. The first-order valence-corrected chi connectivity index (χ1v) is 15.1. The van der Waals surface area contributed by atoms with Crippen LogP contribution in [-0.4, -0.2) is 343 Å². The van der Waals surface area contributed by atoms with Crippen LogP contribution in [0.2, 0.25) is 0 Å². The van der Waals surface area contributed by atoms with Gasteiger partial charge in [-0.15, -0.1) is 0 Å². The molecule has 393 valence electrons. The number of rotatable bonds is 3. The molecule has 30 N–H and O–H groups in total. The summed E-state index contributed by atoms with van der Waals surface area (Å²) in [4.78, 5) is 108. The predicted molar refractivity (Wildman–Crippen MR) is 242 cm³/mol. The van der Waals surface area contributed by atoms with Crippen molar-refractivity contribution < 1.29 is 135 Å². The molecule has 0 saturated carbocycles. The standard InChI is InChI=1S/3C2H8N2.12C2H4O2.3K.3H2O/c3*3-1-2-4;12*1-2(3)4;;;;;;/h3*1-4H2;12*1H3,(H,3,4);;;;3*1H2. The number of carboxylic acid groups (broad SMARTS) is 12. The van der Waals surface area contributed by atoms with E-state index in [0.717, 1.165) is 83.1 Å². The van der Waals surface area contributed by atoms with Crippen molar-refractivity contribution in [1.29, 1.82) is 0 Å². The minimum atomic E-state index is -0.833. The van der Waals surface area contributed by atoms with E-state index < -0.39 is 71.6 Å². The van der Waals surface area contributed by atoms with Crippen molar-refractivity contribution in [2.75, 3.05) is 39.3 Å². The van der Waals surface area contributed by atoms with Crippen molar-refractivity contribution in [3.8, 4) is 0 Å². The minimum absolute atomic E-state index is 0. The van der Waals surface area contributed by atoms with Gasteiger partial charge in [-0.3, -0.25) is 57.5 Å². The van der Waals surface area contributed by atoms with E-state index in [9.17, 15) is 0 Å². The van der Waals surface area contributed by atoms with Crippen LogP contribution in [0.5, 0.6) is 0 Å². The second-order valence-corrected chi connectivity index (χ2v) is 7.96. The number of hydrogen-bond acceptors (Lipinski definition) is 18. The number of aliphatic carboxylic acids is 12. The zero-order valence-corrected chi connectivity index (χ0v) is 49.8. The number of hydrogen-bond donors (Lipinski definition) is 18. The summed E-state index contributed by atoms with van der Waals surface area (Å²) < 4.78 is 0. The fraction of sp³-hybridized carbons (Fsp3) is 0.600. The van der Waals surface area contributed by atoms with E-state index in [2.05, 4.69) is 0 Å². The molecule has 0 spiro atoms. The summed E-state index contributed by atoms with van der Waals surface area (Å²) in [5.74, 6) is -10.0. The van der Waals surface area contributed by atoms with Crippen molar-refractivity contribution in [3.63, 3.8) is 0 Å². The molecular formula is C30H78K3N6O27. The molecule has 3 radical (unpaired) electrons. The molecule has 0 fully saturated rings. The molecule has 0 aliphatic rings. The van der Waals surface area contributed by atoms with Crippen LogP contribution in [0.25, 0.3) is 0 Å². The van der Waals surface area contributed by atoms with E-state index in [1.165, 1.54) is 0 Å². The molecule has 0 unspecified atom stereocenters. The van der Waals surface area contributed by atoms with Gasteiger partial charge >= 0.3 is 0 Å². The normalized spacial score (nSPS) is 5.91. The van der Waals surface area contributed by atoms with Crippen molar-refractivity contribution in [3.05, 3.63) is 0 Å². The summed E-state index contributed by atoms with van der Waals surface area (Å²) in [6.07, 6.45) is 0. The largest absolute Gasteiger partial charge is 0.481 e. The molecule has 36 heteroatoms. The summed E-state index contributed by atoms with van der Waals surface area (Å²) >= 11 is 0. The van der Waals surface area contributed by atoms with Crippen molar-refractivity contribution in [2.45, 2.75) is 83.1 Å². The number of nitrogens with two attached hydrogens (primary N) is 6. The van der Waals surface area contributed by atoms with Gasteiger partial charge in [-0.2, -0.15) is 0 Å². The Morgan fingerprint density at radius 2 is 0.227 bits per heavy atom. The average Bonchev–Trinajstić information content (AvgIpc) is 2.94. The third-order valence-corrected chi connectivity index (χ3v) is 0.500. The molecule has 0 aliphatic heterocycles. The van der Waals surface area contributed by atoms with Gasteiger partial charge < -0.3 is 112 Å². The van der Waals surface area contributed by atoms with Crippen LogP contribution in [0.3, 0.4) is 0 Å². The van der Waals surface area contributed by atoms with E-state index in [1.807, 2.05) is 0 Å². The van der Waals surface area contributed by atoms with Crippen LogP contribution in [0, 0.1) is 0 Å². The molecule has 33 nitrogen and oxygen atoms in total. The molecule has 0 rings (SSSR count). The van der Waals surface area contributed by atoms with E-state index >= 15 is 0 Å². The van der Waals surface area contributed by atoms with Gasteiger partial charge in [-0.1, -0.05) is 0 Å². The van der Waals surface area contributed by atoms with E-state index in [4.69, 9.17) is 153 Å². The van der Waals surface area contributed by atoms with Gasteiger partial charge in [-0.05, 0) is 0 Å². The second kappa shape index (κ2) is 151. The van der Waals surface area contributed by atoms with Gasteiger partial charge in [0.15, 0.2) is 0 Å². The van der Waals surface area contributed by atoms with Crippen LogP contribution in [0.15, 0.2) is 0 Å². The number of carboxylic acids is 12. The van der Waals surface area contributed by atoms with Gasteiger partial charge in [-0.25, -0.2) is 0 Å². The fourth-order valence-electron chi connectivity index (χ4n) is 0. The predicted octanol–water partition coefficient (Wildman–Crippen LogP) is -5.81. The Bertz CT molecular complexity index is 714. The Morgan fingerprint density at radius 1 is 0.212 bits per heavy atom. The van der Waals surface area contributed by atoms with Crippen LogP contribution >= 0.6 is 0 Å². The molecule has 66 heavy (non-hydrogen) atoms. The molecular weight excluding hydrogens is 994 g/mol. The quantitative estimate of drug-likeness (QED) is 0.117. The molecule has 0 aromatic rings. The van der Waals surface area contributed by atoms with Gasteiger partial charge in [0.25, 0.3) is 71.6 Å². The van der Waals surface area contributed by atoms with Crippen LogP contribution in [-0.2, 0) is 57.5 Å². The maximum atomic E-state index is 9.00. The molecule has 0 amide bonds. The average molecular weight is 1070 g/mol. The van der Waals surface area contributed by atoms with E-state index in [0.29, 0.717) is 39.3 Å². The second-order valence-electron chi connectivity index (χ2n) is 7.96. The summed E-state index contributed by atoms with van der Waals surface area (Å²) in [5.41, 5.74) is 29.4. The Labute approximate surface area is 510 Å². The van der Waals surface area contributed by atoms with Crippen LogP contribution < -0.4 is 34.4 Å². The van der Waals surface area contributed by atoms with E-state index in [-0.39, 0.29) is 171 Å². The van der Waals surface area contributed by atoms with Gasteiger partial charge in [0, 0.05) is 277 Å². The first-order chi connectivity index (χ1) is 26.5. The van der Waals surface area contributed by atoms with Crippen LogP contribution in [0.1, 0.15) is 83.1 Å². The third kappa shape index (κ3) is 165000. The monoisotopic (exact) mass is 1070 g/mol. The topological polar surface area (TPSA) is 698 Å². The van der Waals surface area contributed by atoms with Crippen molar-refractivity contribution >= 4 is 226 Å². The molecule has 0 aromatic carbocycles.